The zero-order valence-electron chi connectivity index (χ0n) is 61.1. The second-order valence-corrected chi connectivity index (χ2v) is 26.0. The number of hydrogen-bond donors (Lipinski definition) is 6. The summed E-state index contributed by atoms with van der Waals surface area (Å²) in [7, 11) is 0. The number of unbranched alkanes of at least 4 members (excludes halogenated alkanes) is 9. The van der Waals surface area contributed by atoms with Gasteiger partial charge in [-0.2, -0.15) is 0 Å². The Morgan fingerprint density at radius 2 is 0.650 bits per heavy atom. The molecule has 100 heavy (non-hydrogen) atoms. The Bertz CT molecular complexity index is 2540. The Labute approximate surface area is 589 Å². The van der Waals surface area contributed by atoms with E-state index in [0.717, 1.165) is 38.5 Å². The number of carbonyl (C=O) groups excluding carboxylic acids is 12. The number of esters is 6. The molecular weight excluding hydrogens is 1310 g/mol. The van der Waals surface area contributed by atoms with Crippen molar-refractivity contribution in [3.05, 3.63) is 0 Å². The van der Waals surface area contributed by atoms with E-state index in [1.807, 2.05) is 4.90 Å². The molecule has 3 aliphatic heterocycles. The quantitative estimate of drug-likeness (QED) is 0.0287. The van der Waals surface area contributed by atoms with Crippen molar-refractivity contribution in [2.75, 3.05) is 78.9 Å². The Morgan fingerprint density at radius 1 is 0.350 bits per heavy atom. The molecule has 6 unspecified atom stereocenters. The molecule has 3 heterocycles. The Morgan fingerprint density at radius 3 is 0.970 bits per heavy atom. The van der Waals surface area contributed by atoms with Crippen LogP contribution in [0.25, 0.3) is 0 Å². The summed E-state index contributed by atoms with van der Waals surface area (Å²) in [4.78, 5) is 148. The van der Waals surface area contributed by atoms with Crippen LogP contribution >= 0.6 is 0 Å². The lowest BCUT2D eigenvalue weighted by Crippen LogP contribution is -2.62. The molecule has 3 rings (SSSR count). The van der Waals surface area contributed by atoms with Crippen LogP contribution in [-0.2, 0) is 114 Å². The number of carbonyl (C=O) groups is 12. The van der Waals surface area contributed by atoms with E-state index in [1.54, 1.807) is 20.8 Å². The number of nitrogens with zero attached hydrogens (tertiary/aromatic N) is 1. The maximum atomic E-state index is 13.8. The third kappa shape index (κ3) is 35.8. The molecule has 31 nitrogen and oxygen atoms in total. The molecule has 0 bridgehead atoms. The van der Waals surface area contributed by atoms with Crippen molar-refractivity contribution in [3.8, 4) is 0 Å². The third-order valence-electron chi connectivity index (χ3n) is 17.2. The fourth-order valence-electron chi connectivity index (χ4n) is 12.2. The van der Waals surface area contributed by atoms with Crippen LogP contribution in [0.15, 0.2) is 0 Å². The number of amides is 6. The first-order valence-corrected chi connectivity index (χ1v) is 35.6. The predicted octanol–water partition coefficient (Wildman–Crippen LogP) is 3.79. The van der Waals surface area contributed by atoms with Crippen LogP contribution in [0.1, 0.15) is 199 Å². The maximum Gasteiger partial charge on any atom is 0.303 e. The molecule has 3 saturated heterocycles. The Kier molecular flexibility index (Phi) is 43.0. The first kappa shape index (κ1) is 87.6. The van der Waals surface area contributed by atoms with E-state index in [1.165, 1.54) is 62.3 Å². The normalized spacial score (nSPS) is 24.8. The van der Waals surface area contributed by atoms with Crippen LogP contribution in [0.2, 0.25) is 0 Å². The highest BCUT2D eigenvalue weighted by molar-refractivity contribution is 5.77. The molecule has 31 heteroatoms. The average Bonchev–Trinajstić information content (AvgIpc) is 0.813. The van der Waals surface area contributed by atoms with Gasteiger partial charge in [-0.15, -0.1) is 0 Å². The first-order valence-electron chi connectivity index (χ1n) is 35.6. The topological polar surface area (TPSA) is 391 Å². The number of nitrogens with one attached hydrogen (secondary N) is 6. The van der Waals surface area contributed by atoms with Gasteiger partial charge in [-0.05, 0) is 70.9 Å². The standard InChI is InChI=1S/C69H117N7O24/c1-43-61(73-46(4)77)67(98-55(40-92-49(7)80)64(43)95-52(10)83)89-37-22-16-13-19-28-58(86)71-33-25-31-70-32-26-35-76(60(88)30-21-15-18-24-39-91-69-63(75-48(6)79)45(3)66(97-54(12)85)57(100-69)42-94-51(9)82)36-27-34-72-59(87)29-20-14-17-23-38-90-68-62(74-47(5)78)44(2)65(96-53(11)84)56(99-68)41-93-50(8)81/h43-45,55-57,61-70H,13-42H2,1-12H3,(H,71,86)(H,72,87)(H,73,77)(H,74,78)(H,75,79)/t43-,44-,45-,55?,56?,57?,61?,62?,63?,64-,65-,66-,67-,68-,69-/m1/s1. The summed E-state index contributed by atoms with van der Waals surface area (Å²) >= 11 is 0. The second kappa shape index (κ2) is 49.1. The Balaban J connectivity index is 1.44. The van der Waals surface area contributed by atoms with Gasteiger partial charge < -0.3 is 93.6 Å². The SMILES string of the molecule is CC(=O)NC1[C@H](OCCCCCCC(=O)NCCCNCCCN(CCCNC(=O)CCCCCCO[C@@H]2OC(COC(C)=O)[C@H](OC(C)=O)[C@H](C)C2NC(C)=O)C(=O)CCCCCCO[C@@H]2OC(COC(C)=O)[C@H](OC(C)=O)[C@H](C)C2NC(C)=O)OC(COC(C)=O)[C@H](OC(C)=O)[C@@H]1C. The van der Waals surface area contributed by atoms with E-state index in [-0.39, 0.29) is 68.5 Å². The highest BCUT2D eigenvalue weighted by Crippen LogP contribution is 2.33. The van der Waals surface area contributed by atoms with E-state index in [0.29, 0.717) is 123 Å². The predicted molar refractivity (Wildman–Crippen MR) is 359 cm³/mol. The summed E-state index contributed by atoms with van der Waals surface area (Å²) in [5.74, 6) is -5.61. The van der Waals surface area contributed by atoms with Crippen molar-refractivity contribution in [2.24, 2.45) is 17.8 Å². The van der Waals surface area contributed by atoms with Crippen molar-refractivity contribution in [3.63, 3.8) is 0 Å². The van der Waals surface area contributed by atoms with E-state index in [9.17, 15) is 57.5 Å². The van der Waals surface area contributed by atoms with Crippen molar-refractivity contribution < 1.29 is 114 Å². The molecule has 6 amide bonds. The molecule has 3 fully saturated rings. The van der Waals surface area contributed by atoms with Gasteiger partial charge in [0.1, 0.15) is 56.4 Å². The monoisotopic (exact) mass is 1430 g/mol. The van der Waals surface area contributed by atoms with Gasteiger partial charge in [-0.1, -0.05) is 59.3 Å². The van der Waals surface area contributed by atoms with Crippen LogP contribution in [0.3, 0.4) is 0 Å². The maximum absolute atomic E-state index is 13.8. The molecule has 0 spiro atoms. The van der Waals surface area contributed by atoms with E-state index >= 15 is 0 Å². The molecular formula is C69H117N7O24. The molecule has 572 valence electrons. The fourth-order valence-corrected chi connectivity index (χ4v) is 12.2. The highest BCUT2D eigenvalue weighted by atomic mass is 16.7. The summed E-state index contributed by atoms with van der Waals surface area (Å²) in [6, 6.07) is -1.93. The van der Waals surface area contributed by atoms with Crippen molar-refractivity contribution in [1.29, 1.82) is 0 Å². The smallest absolute Gasteiger partial charge is 0.303 e. The van der Waals surface area contributed by atoms with Crippen LogP contribution in [0.4, 0.5) is 0 Å². The lowest BCUT2D eigenvalue weighted by atomic mass is 9.88. The van der Waals surface area contributed by atoms with Gasteiger partial charge in [0.05, 0.1) is 18.1 Å². The lowest BCUT2D eigenvalue weighted by Gasteiger charge is -2.44. The molecule has 0 aliphatic carbocycles. The van der Waals surface area contributed by atoms with Crippen molar-refractivity contribution in [1.82, 2.24) is 36.8 Å². The summed E-state index contributed by atoms with van der Waals surface area (Å²) in [5, 5.41) is 17.9. The molecule has 0 aromatic heterocycles. The molecule has 15 atom stereocenters. The zero-order valence-corrected chi connectivity index (χ0v) is 61.1. The average molecular weight is 1430 g/mol. The van der Waals surface area contributed by atoms with Crippen LogP contribution < -0.4 is 31.9 Å². The minimum Gasteiger partial charge on any atom is -0.463 e. The van der Waals surface area contributed by atoms with Crippen LogP contribution in [0, 0.1) is 17.8 Å². The summed E-state index contributed by atoms with van der Waals surface area (Å²) in [6.45, 7) is 20.5. The number of ether oxygens (including phenoxy) is 12. The number of hydrogen-bond acceptors (Lipinski definition) is 25. The van der Waals surface area contributed by atoms with Crippen molar-refractivity contribution in [2.45, 2.75) is 272 Å². The molecule has 0 aromatic rings. The largest absolute Gasteiger partial charge is 0.463 e. The van der Waals surface area contributed by atoms with Crippen molar-refractivity contribution >= 4 is 71.3 Å². The van der Waals surface area contributed by atoms with Crippen LogP contribution in [0.5, 0.6) is 0 Å². The summed E-state index contributed by atoms with van der Waals surface area (Å²) in [6.07, 6.45) is 3.78. The minimum atomic E-state index is -0.913. The van der Waals surface area contributed by atoms with Gasteiger partial charge >= 0.3 is 35.8 Å². The van der Waals surface area contributed by atoms with Gasteiger partial charge in [-0.3, -0.25) is 57.5 Å². The lowest BCUT2D eigenvalue weighted by molar-refractivity contribution is -0.262. The minimum absolute atomic E-state index is 0.000612. The highest BCUT2D eigenvalue weighted by Gasteiger charge is 2.50. The molecule has 0 saturated carbocycles. The molecule has 6 N–H and O–H groups in total. The molecule has 3 aliphatic rings. The van der Waals surface area contributed by atoms with E-state index in [2.05, 4.69) is 31.9 Å². The van der Waals surface area contributed by atoms with Gasteiger partial charge in [0, 0.05) is 145 Å². The molecule has 0 radical (unpaired) electrons. The van der Waals surface area contributed by atoms with Gasteiger partial charge in [0.2, 0.25) is 35.4 Å². The van der Waals surface area contributed by atoms with Gasteiger partial charge in [-0.25, -0.2) is 0 Å². The van der Waals surface area contributed by atoms with E-state index in [4.69, 9.17) is 56.8 Å². The first-order chi connectivity index (χ1) is 47.6. The van der Waals surface area contributed by atoms with Gasteiger partial charge in [0.15, 0.2) is 18.9 Å². The van der Waals surface area contributed by atoms with Gasteiger partial charge in [0.25, 0.3) is 0 Å². The Hall–Kier alpha value is -6.64. The summed E-state index contributed by atoms with van der Waals surface area (Å²) < 4.78 is 68.8. The number of rotatable bonds is 48. The second-order valence-electron chi connectivity index (χ2n) is 26.0. The fraction of sp³-hybridized carbons (Fsp3) is 0.826. The summed E-state index contributed by atoms with van der Waals surface area (Å²) in [5.41, 5.74) is 0. The van der Waals surface area contributed by atoms with Crippen LogP contribution in [-0.4, -0.2) is 229 Å². The van der Waals surface area contributed by atoms with E-state index < -0.39 is 127 Å². The zero-order chi connectivity index (χ0) is 74.1. The molecule has 0 aromatic carbocycles. The third-order valence-corrected chi connectivity index (χ3v) is 17.2.